The van der Waals surface area contributed by atoms with Gasteiger partial charge in [0.1, 0.15) is 5.82 Å². The van der Waals surface area contributed by atoms with E-state index in [1.807, 2.05) is 38.1 Å². The number of carboxylic acids is 1. The molecular weight excluding hydrogens is 318 g/mol. The number of para-hydroxylation sites is 2. The van der Waals surface area contributed by atoms with Crippen LogP contribution in [0.1, 0.15) is 51.4 Å². The van der Waals surface area contributed by atoms with Gasteiger partial charge in [-0.1, -0.05) is 32.4 Å². The number of hydrogen-bond donors (Lipinski definition) is 3. The Morgan fingerprint density at radius 1 is 1.24 bits per heavy atom. The molecule has 0 aliphatic heterocycles. The molecule has 1 aromatic carbocycles. The molecule has 2 aromatic rings. The van der Waals surface area contributed by atoms with E-state index in [-0.39, 0.29) is 23.8 Å². The lowest BCUT2D eigenvalue weighted by molar-refractivity contribution is -0.144. The SMILES string of the molecule is CC(C)C(NC(=O)C1CCCC(C(=O)O)C1)c1nc2ccccc2[nH]1. The highest BCUT2D eigenvalue weighted by molar-refractivity contribution is 5.81. The first-order valence-corrected chi connectivity index (χ1v) is 8.93. The van der Waals surface area contributed by atoms with Gasteiger partial charge in [0.2, 0.25) is 5.91 Å². The highest BCUT2D eigenvalue weighted by atomic mass is 16.4. The van der Waals surface area contributed by atoms with Gasteiger partial charge in [-0.15, -0.1) is 0 Å². The van der Waals surface area contributed by atoms with Crippen LogP contribution in [0.5, 0.6) is 0 Å². The summed E-state index contributed by atoms with van der Waals surface area (Å²) in [5.41, 5.74) is 1.82. The molecule has 0 radical (unpaired) electrons. The maximum absolute atomic E-state index is 12.7. The zero-order valence-corrected chi connectivity index (χ0v) is 14.7. The molecule has 1 aromatic heterocycles. The fourth-order valence-corrected chi connectivity index (χ4v) is 3.59. The summed E-state index contributed by atoms with van der Waals surface area (Å²) in [7, 11) is 0. The molecule has 1 fully saturated rings. The molecule has 3 rings (SSSR count). The third kappa shape index (κ3) is 3.83. The van der Waals surface area contributed by atoms with Crippen LogP contribution in [0.3, 0.4) is 0 Å². The number of amides is 1. The van der Waals surface area contributed by atoms with Gasteiger partial charge < -0.3 is 15.4 Å². The molecule has 1 heterocycles. The third-order valence-corrected chi connectivity index (χ3v) is 5.06. The number of aromatic nitrogens is 2. The summed E-state index contributed by atoms with van der Waals surface area (Å²) in [6.45, 7) is 4.08. The normalized spacial score (nSPS) is 22.0. The summed E-state index contributed by atoms with van der Waals surface area (Å²) in [6, 6.07) is 7.56. The number of imidazole rings is 1. The Morgan fingerprint density at radius 2 is 1.96 bits per heavy atom. The van der Waals surface area contributed by atoms with Crippen LogP contribution in [0, 0.1) is 17.8 Å². The second-order valence-corrected chi connectivity index (χ2v) is 7.27. The molecule has 3 unspecified atom stereocenters. The predicted molar refractivity (Wildman–Crippen MR) is 94.9 cm³/mol. The van der Waals surface area contributed by atoms with Crippen molar-refractivity contribution in [1.82, 2.24) is 15.3 Å². The Morgan fingerprint density at radius 3 is 2.64 bits per heavy atom. The zero-order chi connectivity index (χ0) is 18.0. The maximum Gasteiger partial charge on any atom is 0.306 e. The standard InChI is InChI=1S/C19H25N3O3/c1-11(2)16(17-20-14-8-3-4-9-15(14)21-17)22-18(23)12-6-5-7-13(10-12)19(24)25/h3-4,8-9,11-13,16H,5-7,10H2,1-2H3,(H,20,21)(H,22,23)(H,24,25). The Labute approximate surface area is 147 Å². The summed E-state index contributed by atoms with van der Waals surface area (Å²) in [5.74, 6) is -0.590. The highest BCUT2D eigenvalue weighted by Gasteiger charge is 2.33. The minimum absolute atomic E-state index is 0.0647. The molecule has 3 N–H and O–H groups in total. The van der Waals surface area contributed by atoms with Gasteiger partial charge in [0, 0.05) is 5.92 Å². The summed E-state index contributed by atoms with van der Waals surface area (Å²) < 4.78 is 0. The number of carbonyl (C=O) groups excluding carboxylic acids is 1. The van der Waals surface area contributed by atoms with E-state index in [0.29, 0.717) is 12.8 Å². The second kappa shape index (κ2) is 7.25. The topological polar surface area (TPSA) is 95.1 Å². The fourth-order valence-electron chi connectivity index (χ4n) is 3.59. The van der Waals surface area contributed by atoms with Crippen molar-refractivity contribution in [2.45, 2.75) is 45.6 Å². The van der Waals surface area contributed by atoms with Gasteiger partial charge in [0.15, 0.2) is 0 Å². The number of hydrogen-bond acceptors (Lipinski definition) is 3. The first-order valence-electron chi connectivity index (χ1n) is 8.93. The number of H-pyrrole nitrogens is 1. The number of aromatic amines is 1. The summed E-state index contributed by atoms with van der Waals surface area (Å²) in [4.78, 5) is 31.9. The van der Waals surface area contributed by atoms with E-state index in [0.717, 1.165) is 29.7 Å². The number of nitrogens with one attached hydrogen (secondary N) is 2. The van der Waals surface area contributed by atoms with Crippen LogP contribution >= 0.6 is 0 Å². The number of rotatable bonds is 5. The average Bonchev–Trinajstić information content (AvgIpc) is 3.02. The van der Waals surface area contributed by atoms with E-state index in [1.54, 1.807) is 0 Å². The number of nitrogens with zero attached hydrogens (tertiary/aromatic N) is 1. The zero-order valence-electron chi connectivity index (χ0n) is 14.7. The molecule has 0 spiro atoms. The maximum atomic E-state index is 12.7. The quantitative estimate of drug-likeness (QED) is 0.776. The number of aliphatic carboxylic acids is 1. The molecule has 134 valence electrons. The second-order valence-electron chi connectivity index (χ2n) is 7.27. The summed E-state index contributed by atoms with van der Waals surface area (Å²) in [5, 5.41) is 12.3. The van der Waals surface area contributed by atoms with Gasteiger partial charge in [-0.25, -0.2) is 4.98 Å². The monoisotopic (exact) mass is 343 g/mol. The Bertz CT molecular complexity index is 735. The number of fused-ring (bicyclic) bond motifs is 1. The van der Waals surface area contributed by atoms with Crippen LogP contribution < -0.4 is 5.32 Å². The summed E-state index contributed by atoms with van der Waals surface area (Å²) >= 11 is 0. The van der Waals surface area contributed by atoms with Gasteiger partial charge in [-0.2, -0.15) is 0 Å². The molecule has 0 saturated heterocycles. The van der Waals surface area contributed by atoms with Crippen LogP contribution in [0.15, 0.2) is 24.3 Å². The third-order valence-electron chi connectivity index (χ3n) is 5.06. The Hall–Kier alpha value is -2.37. The molecule has 3 atom stereocenters. The molecule has 25 heavy (non-hydrogen) atoms. The Balaban J connectivity index is 1.75. The number of carboxylic acid groups (broad SMARTS) is 1. The average molecular weight is 343 g/mol. The minimum Gasteiger partial charge on any atom is -0.481 e. The van der Waals surface area contributed by atoms with E-state index in [1.165, 1.54) is 0 Å². The number of benzene rings is 1. The van der Waals surface area contributed by atoms with Gasteiger partial charge in [-0.3, -0.25) is 9.59 Å². The van der Waals surface area contributed by atoms with Gasteiger partial charge in [-0.05, 0) is 37.3 Å². The minimum atomic E-state index is -0.796. The van der Waals surface area contributed by atoms with E-state index >= 15 is 0 Å². The van der Waals surface area contributed by atoms with Crippen molar-refractivity contribution in [3.05, 3.63) is 30.1 Å². The van der Waals surface area contributed by atoms with Gasteiger partial charge in [0.05, 0.1) is 23.0 Å². The van der Waals surface area contributed by atoms with Crippen LogP contribution in [0.25, 0.3) is 11.0 Å². The van der Waals surface area contributed by atoms with E-state index in [4.69, 9.17) is 0 Å². The number of carbonyl (C=O) groups is 2. The van der Waals surface area contributed by atoms with Gasteiger partial charge in [0.25, 0.3) is 0 Å². The highest BCUT2D eigenvalue weighted by Crippen LogP contribution is 2.31. The van der Waals surface area contributed by atoms with E-state index < -0.39 is 11.9 Å². The smallest absolute Gasteiger partial charge is 0.306 e. The van der Waals surface area contributed by atoms with Crippen molar-refractivity contribution in [3.63, 3.8) is 0 Å². The van der Waals surface area contributed by atoms with Crippen molar-refractivity contribution in [2.24, 2.45) is 17.8 Å². The molecule has 1 aliphatic rings. The van der Waals surface area contributed by atoms with Crippen LogP contribution in [0.4, 0.5) is 0 Å². The predicted octanol–water partition coefficient (Wildman–Crippen LogP) is 3.27. The van der Waals surface area contributed by atoms with Crippen molar-refractivity contribution in [1.29, 1.82) is 0 Å². The first kappa shape index (κ1) is 17.5. The molecule has 6 heteroatoms. The van der Waals surface area contributed by atoms with Crippen LogP contribution in [-0.2, 0) is 9.59 Å². The van der Waals surface area contributed by atoms with Crippen molar-refractivity contribution >= 4 is 22.9 Å². The Kier molecular flexibility index (Phi) is 5.06. The molecule has 1 aliphatic carbocycles. The largest absolute Gasteiger partial charge is 0.481 e. The summed E-state index contributed by atoms with van der Waals surface area (Å²) in [6.07, 6.45) is 2.62. The lowest BCUT2D eigenvalue weighted by atomic mass is 9.81. The van der Waals surface area contributed by atoms with Crippen LogP contribution in [0.2, 0.25) is 0 Å². The fraction of sp³-hybridized carbons (Fsp3) is 0.526. The van der Waals surface area contributed by atoms with Crippen LogP contribution in [-0.4, -0.2) is 27.0 Å². The molecule has 6 nitrogen and oxygen atoms in total. The lowest BCUT2D eigenvalue weighted by Crippen LogP contribution is -2.39. The van der Waals surface area contributed by atoms with Gasteiger partial charge >= 0.3 is 5.97 Å². The molecule has 0 bridgehead atoms. The van der Waals surface area contributed by atoms with E-state index in [2.05, 4.69) is 15.3 Å². The van der Waals surface area contributed by atoms with Crippen molar-refractivity contribution < 1.29 is 14.7 Å². The first-order chi connectivity index (χ1) is 12.0. The molecule has 1 saturated carbocycles. The van der Waals surface area contributed by atoms with Crippen molar-refractivity contribution in [3.8, 4) is 0 Å². The lowest BCUT2D eigenvalue weighted by Gasteiger charge is -2.28. The molecule has 1 amide bonds. The van der Waals surface area contributed by atoms with Crippen molar-refractivity contribution in [2.75, 3.05) is 0 Å². The molecular formula is C19H25N3O3. The van der Waals surface area contributed by atoms with E-state index in [9.17, 15) is 14.7 Å².